The second-order valence-electron chi connectivity index (χ2n) is 4.10. The summed E-state index contributed by atoms with van der Waals surface area (Å²) in [5, 5.41) is 15.3. The van der Waals surface area contributed by atoms with Crippen molar-refractivity contribution in [2.24, 2.45) is 0 Å². The van der Waals surface area contributed by atoms with Gasteiger partial charge in [-0.2, -0.15) is 0 Å². The maximum absolute atomic E-state index is 11.6. The van der Waals surface area contributed by atoms with Gasteiger partial charge in [0.05, 0.1) is 0 Å². The molecule has 5 heteroatoms. The molecule has 1 saturated heterocycles. The molecule has 1 atom stereocenters. The van der Waals surface area contributed by atoms with Crippen molar-refractivity contribution in [3.8, 4) is 5.75 Å². The first kappa shape index (κ1) is 13.8. The molecular formula is C12H17ClN2O2. The van der Waals surface area contributed by atoms with Crippen molar-refractivity contribution in [3.63, 3.8) is 0 Å². The van der Waals surface area contributed by atoms with Crippen molar-refractivity contribution in [2.75, 3.05) is 11.9 Å². The van der Waals surface area contributed by atoms with Crippen molar-refractivity contribution in [1.82, 2.24) is 5.32 Å². The minimum absolute atomic E-state index is 0. The predicted molar refractivity (Wildman–Crippen MR) is 69.6 cm³/mol. The van der Waals surface area contributed by atoms with Crippen LogP contribution >= 0.6 is 12.4 Å². The van der Waals surface area contributed by atoms with Crippen LogP contribution in [0.5, 0.6) is 5.75 Å². The van der Waals surface area contributed by atoms with Gasteiger partial charge in [-0.3, -0.25) is 4.79 Å². The van der Waals surface area contributed by atoms with E-state index in [1.165, 1.54) is 0 Å². The average molecular weight is 257 g/mol. The van der Waals surface area contributed by atoms with Crippen molar-refractivity contribution >= 4 is 24.0 Å². The summed E-state index contributed by atoms with van der Waals surface area (Å²) in [4.78, 5) is 11.6. The Morgan fingerprint density at radius 3 is 3.00 bits per heavy atom. The molecule has 0 radical (unpaired) electrons. The van der Waals surface area contributed by atoms with Crippen molar-refractivity contribution in [2.45, 2.75) is 25.3 Å². The van der Waals surface area contributed by atoms with E-state index in [0.29, 0.717) is 18.2 Å². The lowest BCUT2D eigenvalue weighted by Gasteiger charge is -2.10. The zero-order valence-corrected chi connectivity index (χ0v) is 10.3. The molecule has 2 rings (SSSR count). The van der Waals surface area contributed by atoms with Crippen LogP contribution in [0.4, 0.5) is 5.69 Å². The van der Waals surface area contributed by atoms with Crippen LogP contribution in [0.2, 0.25) is 0 Å². The third kappa shape index (κ3) is 4.24. The molecule has 0 aromatic heterocycles. The number of amides is 1. The molecule has 0 bridgehead atoms. The third-order valence-corrected chi connectivity index (χ3v) is 2.72. The lowest BCUT2D eigenvalue weighted by atomic mass is 10.1. The fourth-order valence-electron chi connectivity index (χ4n) is 1.95. The highest BCUT2D eigenvalue weighted by atomic mass is 35.5. The highest BCUT2D eigenvalue weighted by Gasteiger charge is 2.17. The zero-order chi connectivity index (χ0) is 11.4. The SMILES string of the molecule is Cl.O=C(CC1CCCN1)Nc1cccc(O)c1. The van der Waals surface area contributed by atoms with E-state index in [0.717, 1.165) is 19.4 Å². The number of anilines is 1. The number of carbonyl (C=O) groups is 1. The molecule has 1 fully saturated rings. The van der Waals surface area contributed by atoms with Gasteiger partial charge in [-0.05, 0) is 31.5 Å². The molecule has 17 heavy (non-hydrogen) atoms. The van der Waals surface area contributed by atoms with Gasteiger partial charge in [0, 0.05) is 24.2 Å². The average Bonchev–Trinajstić information content (AvgIpc) is 2.70. The lowest BCUT2D eigenvalue weighted by molar-refractivity contribution is -0.116. The molecular weight excluding hydrogens is 240 g/mol. The molecule has 1 unspecified atom stereocenters. The second-order valence-corrected chi connectivity index (χ2v) is 4.10. The number of carbonyl (C=O) groups excluding carboxylic acids is 1. The molecule has 1 aromatic rings. The van der Waals surface area contributed by atoms with Gasteiger partial charge >= 0.3 is 0 Å². The summed E-state index contributed by atoms with van der Waals surface area (Å²) in [6.07, 6.45) is 2.70. The van der Waals surface area contributed by atoms with Crippen LogP contribution in [0.3, 0.4) is 0 Å². The number of phenols is 1. The monoisotopic (exact) mass is 256 g/mol. The van der Waals surface area contributed by atoms with Crippen molar-refractivity contribution < 1.29 is 9.90 Å². The number of hydrogen-bond donors (Lipinski definition) is 3. The van der Waals surface area contributed by atoms with Crippen LogP contribution in [0.15, 0.2) is 24.3 Å². The molecule has 94 valence electrons. The summed E-state index contributed by atoms with van der Waals surface area (Å²) >= 11 is 0. The summed E-state index contributed by atoms with van der Waals surface area (Å²) < 4.78 is 0. The summed E-state index contributed by atoms with van der Waals surface area (Å²) in [5.41, 5.74) is 0.642. The van der Waals surface area contributed by atoms with E-state index < -0.39 is 0 Å². The van der Waals surface area contributed by atoms with Gasteiger partial charge in [-0.15, -0.1) is 12.4 Å². The summed E-state index contributed by atoms with van der Waals surface area (Å²) in [6.45, 7) is 1.00. The van der Waals surface area contributed by atoms with Crippen LogP contribution in [-0.4, -0.2) is 23.6 Å². The van der Waals surface area contributed by atoms with Crippen LogP contribution in [0, 0.1) is 0 Å². The number of benzene rings is 1. The highest BCUT2D eigenvalue weighted by Crippen LogP contribution is 2.16. The van der Waals surface area contributed by atoms with E-state index in [1.54, 1.807) is 24.3 Å². The molecule has 1 amide bonds. The highest BCUT2D eigenvalue weighted by molar-refractivity contribution is 5.91. The van der Waals surface area contributed by atoms with Crippen molar-refractivity contribution in [3.05, 3.63) is 24.3 Å². The standard InChI is InChI=1S/C12H16N2O2.ClH/c15-11-5-1-3-10(7-11)14-12(16)8-9-4-2-6-13-9;/h1,3,5,7,9,13,15H,2,4,6,8H2,(H,14,16);1H. The smallest absolute Gasteiger partial charge is 0.225 e. The first-order valence-corrected chi connectivity index (χ1v) is 5.56. The molecule has 1 aliphatic rings. The number of nitrogens with one attached hydrogen (secondary N) is 2. The first-order valence-electron chi connectivity index (χ1n) is 5.56. The van der Waals surface area contributed by atoms with E-state index in [-0.39, 0.29) is 24.1 Å². The van der Waals surface area contributed by atoms with E-state index in [4.69, 9.17) is 0 Å². The Hall–Kier alpha value is -1.26. The van der Waals surface area contributed by atoms with Gasteiger partial charge in [-0.25, -0.2) is 0 Å². The van der Waals surface area contributed by atoms with E-state index in [2.05, 4.69) is 10.6 Å². The predicted octanol–water partition coefficient (Wildman–Crippen LogP) is 1.89. The van der Waals surface area contributed by atoms with E-state index in [9.17, 15) is 9.90 Å². The third-order valence-electron chi connectivity index (χ3n) is 2.72. The quantitative estimate of drug-likeness (QED) is 0.774. The second kappa shape index (κ2) is 6.47. The molecule has 1 aromatic carbocycles. The minimum Gasteiger partial charge on any atom is -0.508 e. The maximum Gasteiger partial charge on any atom is 0.225 e. The molecule has 1 heterocycles. The molecule has 0 aliphatic carbocycles. The van der Waals surface area contributed by atoms with Crippen molar-refractivity contribution in [1.29, 1.82) is 0 Å². The van der Waals surface area contributed by atoms with E-state index in [1.807, 2.05) is 0 Å². The summed E-state index contributed by atoms with van der Waals surface area (Å²) in [5.74, 6) is 0.154. The molecule has 3 N–H and O–H groups in total. The largest absolute Gasteiger partial charge is 0.508 e. The van der Waals surface area contributed by atoms with Crippen LogP contribution < -0.4 is 10.6 Å². The Balaban J connectivity index is 0.00000144. The summed E-state index contributed by atoms with van der Waals surface area (Å²) in [6, 6.07) is 6.89. The molecule has 0 saturated carbocycles. The Labute approximate surface area is 107 Å². The van der Waals surface area contributed by atoms with Gasteiger partial charge < -0.3 is 15.7 Å². The van der Waals surface area contributed by atoms with Gasteiger partial charge in [0.25, 0.3) is 0 Å². The Kier molecular flexibility index (Phi) is 5.25. The zero-order valence-electron chi connectivity index (χ0n) is 9.48. The fourth-order valence-corrected chi connectivity index (χ4v) is 1.95. The maximum atomic E-state index is 11.6. The number of aromatic hydroxyl groups is 1. The van der Waals surface area contributed by atoms with Crippen LogP contribution in [-0.2, 0) is 4.79 Å². The number of hydrogen-bond acceptors (Lipinski definition) is 3. The topological polar surface area (TPSA) is 61.4 Å². The van der Waals surface area contributed by atoms with Crippen LogP contribution in [0.1, 0.15) is 19.3 Å². The first-order chi connectivity index (χ1) is 7.74. The Morgan fingerprint density at radius 1 is 1.53 bits per heavy atom. The Morgan fingerprint density at radius 2 is 2.35 bits per heavy atom. The number of phenolic OH excluding ortho intramolecular Hbond substituents is 1. The van der Waals surface area contributed by atoms with Gasteiger partial charge in [0.1, 0.15) is 5.75 Å². The molecule has 4 nitrogen and oxygen atoms in total. The fraction of sp³-hybridized carbons (Fsp3) is 0.417. The molecule has 0 spiro atoms. The van der Waals surface area contributed by atoms with Crippen LogP contribution in [0.25, 0.3) is 0 Å². The lowest BCUT2D eigenvalue weighted by Crippen LogP contribution is -2.27. The van der Waals surface area contributed by atoms with E-state index >= 15 is 0 Å². The minimum atomic E-state index is -0.00926. The Bertz CT molecular complexity index is 379. The van der Waals surface area contributed by atoms with Gasteiger partial charge in [0.15, 0.2) is 0 Å². The number of halogens is 1. The van der Waals surface area contributed by atoms with Gasteiger partial charge in [-0.1, -0.05) is 6.07 Å². The summed E-state index contributed by atoms with van der Waals surface area (Å²) in [7, 11) is 0. The normalized spacial score (nSPS) is 18.5. The number of rotatable bonds is 3. The van der Waals surface area contributed by atoms with Gasteiger partial charge in [0.2, 0.25) is 5.91 Å². The molecule has 1 aliphatic heterocycles.